The van der Waals surface area contributed by atoms with Gasteiger partial charge < -0.3 is 11.5 Å². The van der Waals surface area contributed by atoms with E-state index in [0.29, 0.717) is 0 Å². The summed E-state index contributed by atoms with van der Waals surface area (Å²) < 4.78 is 0. The van der Waals surface area contributed by atoms with Crippen molar-refractivity contribution in [2.75, 3.05) is 0 Å². The van der Waals surface area contributed by atoms with Crippen LogP contribution in [0.25, 0.3) is 60.5 Å². The Kier molecular flexibility index (Phi) is 8.10. The summed E-state index contributed by atoms with van der Waals surface area (Å²) in [6, 6.07) is 42.2. The Morgan fingerprint density at radius 1 is 0.574 bits per heavy atom. The first-order valence-corrected chi connectivity index (χ1v) is 16.4. The van der Waals surface area contributed by atoms with Gasteiger partial charge in [-0.1, -0.05) is 141 Å². The van der Waals surface area contributed by atoms with Gasteiger partial charge in [0, 0.05) is 11.6 Å². The highest BCUT2D eigenvalue weighted by molar-refractivity contribution is 6.22. The Bertz CT molecular complexity index is 2210. The monoisotopic (exact) mass is 608 g/mol. The molecule has 2 nitrogen and oxygen atoms in total. The average molecular weight is 609 g/mol. The van der Waals surface area contributed by atoms with Crippen LogP contribution < -0.4 is 11.5 Å². The van der Waals surface area contributed by atoms with Crippen molar-refractivity contribution < 1.29 is 0 Å². The summed E-state index contributed by atoms with van der Waals surface area (Å²) in [4.78, 5) is 0. The summed E-state index contributed by atoms with van der Waals surface area (Å²) in [5.74, 6) is 0. The molecule has 7 rings (SSSR count). The maximum atomic E-state index is 6.35. The van der Waals surface area contributed by atoms with Gasteiger partial charge in [0.1, 0.15) is 0 Å². The van der Waals surface area contributed by atoms with E-state index in [1.165, 1.54) is 71.6 Å². The standard InChI is InChI=1S/C45H40N2/c1-45(2)40-26-17-25-34(33(30-47)22-9-5-3-4-6-16-27-46)44(40)39-28-37-38(29-41(39)45)43(32-20-12-8-13-21-32)36-24-15-14-23-35(36)42(37)31-18-10-7-11-19-31/h4,6-30H,3,5,46-47H2,1-2H3/b6-4-,22-9-,27-16-,33-30+. The van der Waals surface area contributed by atoms with Gasteiger partial charge in [-0.25, -0.2) is 0 Å². The first-order valence-electron chi connectivity index (χ1n) is 16.4. The molecule has 0 amide bonds. The Hall–Kier alpha value is -5.60. The number of hydrogen-bond acceptors (Lipinski definition) is 2. The molecule has 230 valence electrons. The van der Waals surface area contributed by atoms with E-state index in [0.717, 1.165) is 18.4 Å². The zero-order valence-electron chi connectivity index (χ0n) is 27.1. The molecule has 0 radical (unpaired) electrons. The van der Waals surface area contributed by atoms with Crippen LogP contribution in [0.2, 0.25) is 0 Å². The quantitative estimate of drug-likeness (QED) is 0.103. The second-order valence-electron chi connectivity index (χ2n) is 12.7. The summed E-state index contributed by atoms with van der Waals surface area (Å²) >= 11 is 0. The lowest BCUT2D eigenvalue weighted by Crippen LogP contribution is -2.15. The maximum absolute atomic E-state index is 6.35. The molecular weight excluding hydrogens is 569 g/mol. The van der Waals surface area contributed by atoms with Crippen LogP contribution in [0.15, 0.2) is 158 Å². The third kappa shape index (κ3) is 5.26. The zero-order valence-corrected chi connectivity index (χ0v) is 27.1. The SMILES string of the molecule is CC1(C)c2cc3c(-c4ccccc4)c4ccccc4c(-c4ccccc4)c3cc2-c2c(C(/C=C\CC/C=C\C=C/N)=C/N)cccc21. The fourth-order valence-electron chi connectivity index (χ4n) is 7.40. The van der Waals surface area contributed by atoms with E-state index in [9.17, 15) is 0 Å². The minimum absolute atomic E-state index is 0.188. The minimum Gasteiger partial charge on any atom is -0.405 e. The molecule has 0 atom stereocenters. The number of unbranched alkanes of at least 4 members (excludes halogenated alkanes) is 1. The van der Waals surface area contributed by atoms with E-state index in [4.69, 9.17) is 11.5 Å². The lowest BCUT2D eigenvalue weighted by molar-refractivity contribution is 0.661. The predicted molar refractivity (Wildman–Crippen MR) is 203 cm³/mol. The molecule has 4 N–H and O–H groups in total. The van der Waals surface area contributed by atoms with Gasteiger partial charge >= 0.3 is 0 Å². The van der Waals surface area contributed by atoms with Crippen LogP contribution in [0.1, 0.15) is 43.4 Å². The number of allylic oxidation sites excluding steroid dienone is 6. The fourth-order valence-corrected chi connectivity index (χ4v) is 7.40. The molecule has 0 aliphatic heterocycles. The van der Waals surface area contributed by atoms with Gasteiger partial charge in [-0.3, -0.25) is 0 Å². The highest BCUT2D eigenvalue weighted by atomic mass is 14.5. The Morgan fingerprint density at radius 3 is 1.79 bits per heavy atom. The van der Waals surface area contributed by atoms with Crippen molar-refractivity contribution in [3.63, 3.8) is 0 Å². The van der Waals surface area contributed by atoms with Crippen LogP contribution in [0, 0.1) is 0 Å². The largest absolute Gasteiger partial charge is 0.405 e. The van der Waals surface area contributed by atoms with E-state index < -0.39 is 0 Å². The van der Waals surface area contributed by atoms with Crippen molar-refractivity contribution >= 4 is 27.1 Å². The van der Waals surface area contributed by atoms with Gasteiger partial charge in [0.15, 0.2) is 0 Å². The average Bonchev–Trinajstić information content (AvgIpc) is 3.33. The first-order chi connectivity index (χ1) is 23.0. The van der Waals surface area contributed by atoms with Crippen molar-refractivity contribution in [3.05, 3.63) is 175 Å². The summed E-state index contributed by atoms with van der Waals surface area (Å²) in [5.41, 5.74) is 24.1. The topological polar surface area (TPSA) is 52.0 Å². The van der Waals surface area contributed by atoms with Crippen LogP contribution in [0.4, 0.5) is 0 Å². The number of benzene rings is 6. The van der Waals surface area contributed by atoms with Crippen LogP contribution in [0.5, 0.6) is 0 Å². The van der Waals surface area contributed by atoms with E-state index in [1.54, 1.807) is 12.4 Å². The van der Waals surface area contributed by atoms with Crippen LogP contribution in [-0.2, 0) is 5.41 Å². The van der Waals surface area contributed by atoms with Crippen LogP contribution in [0.3, 0.4) is 0 Å². The number of fused-ring (bicyclic) bond motifs is 5. The summed E-state index contributed by atoms with van der Waals surface area (Å²) in [7, 11) is 0. The summed E-state index contributed by atoms with van der Waals surface area (Å²) in [6.07, 6.45) is 15.5. The lowest BCUT2D eigenvalue weighted by Gasteiger charge is -2.24. The molecule has 1 aliphatic rings. The second-order valence-corrected chi connectivity index (χ2v) is 12.7. The van der Waals surface area contributed by atoms with Gasteiger partial charge in [0.2, 0.25) is 0 Å². The molecule has 0 saturated heterocycles. The molecule has 0 unspecified atom stereocenters. The maximum Gasteiger partial charge on any atom is 0.0159 e. The van der Waals surface area contributed by atoms with Gasteiger partial charge in [-0.05, 0) is 114 Å². The molecule has 6 aromatic carbocycles. The number of rotatable bonds is 8. The summed E-state index contributed by atoms with van der Waals surface area (Å²) in [6.45, 7) is 4.72. The lowest BCUT2D eigenvalue weighted by atomic mass is 9.79. The third-order valence-corrected chi connectivity index (χ3v) is 9.61. The Labute approximate surface area is 278 Å². The summed E-state index contributed by atoms with van der Waals surface area (Å²) in [5, 5.41) is 5.07. The van der Waals surface area contributed by atoms with Crippen molar-refractivity contribution in [2.45, 2.75) is 32.1 Å². The third-order valence-electron chi connectivity index (χ3n) is 9.61. The minimum atomic E-state index is -0.188. The van der Waals surface area contributed by atoms with E-state index >= 15 is 0 Å². The smallest absolute Gasteiger partial charge is 0.0159 e. The van der Waals surface area contributed by atoms with Crippen LogP contribution in [-0.4, -0.2) is 0 Å². The van der Waals surface area contributed by atoms with E-state index in [2.05, 4.69) is 147 Å². The van der Waals surface area contributed by atoms with Gasteiger partial charge in [0.05, 0.1) is 0 Å². The van der Waals surface area contributed by atoms with E-state index in [-0.39, 0.29) is 5.41 Å². The number of hydrogen-bond donors (Lipinski definition) is 2. The molecule has 0 saturated carbocycles. The molecule has 0 heterocycles. The highest BCUT2D eigenvalue weighted by Crippen LogP contribution is 2.54. The van der Waals surface area contributed by atoms with Crippen molar-refractivity contribution in [1.29, 1.82) is 0 Å². The molecule has 0 aromatic heterocycles. The first kappa shape index (κ1) is 30.1. The van der Waals surface area contributed by atoms with Gasteiger partial charge in [-0.2, -0.15) is 0 Å². The molecule has 47 heavy (non-hydrogen) atoms. The van der Waals surface area contributed by atoms with E-state index in [1.807, 2.05) is 12.2 Å². The number of nitrogens with two attached hydrogens (primary N) is 2. The Balaban J connectivity index is 1.50. The molecule has 0 fully saturated rings. The molecule has 1 aliphatic carbocycles. The normalized spacial score (nSPS) is 14.1. The van der Waals surface area contributed by atoms with Crippen molar-refractivity contribution in [2.24, 2.45) is 11.5 Å². The Morgan fingerprint density at radius 2 is 1.17 bits per heavy atom. The molecule has 6 aromatic rings. The molecular formula is C45H40N2. The van der Waals surface area contributed by atoms with Crippen molar-refractivity contribution in [1.82, 2.24) is 0 Å². The second kappa shape index (κ2) is 12.7. The highest BCUT2D eigenvalue weighted by Gasteiger charge is 2.38. The van der Waals surface area contributed by atoms with Gasteiger partial charge in [0.25, 0.3) is 0 Å². The molecule has 2 heteroatoms. The predicted octanol–water partition coefficient (Wildman–Crippen LogP) is 11.3. The zero-order chi connectivity index (χ0) is 32.4. The van der Waals surface area contributed by atoms with Crippen LogP contribution >= 0.6 is 0 Å². The van der Waals surface area contributed by atoms with Crippen molar-refractivity contribution in [3.8, 4) is 33.4 Å². The molecule has 0 spiro atoms. The molecule has 0 bridgehead atoms. The van der Waals surface area contributed by atoms with Gasteiger partial charge in [-0.15, -0.1) is 0 Å². The fraction of sp³-hybridized carbons (Fsp3) is 0.111.